The second-order valence-electron chi connectivity index (χ2n) is 6.50. The van der Waals surface area contributed by atoms with Crippen LogP contribution in [0.2, 0.25) is 0 Å². The minimum Gasteiger partial charge on any atom is -0.503 e. The molecule has 0 bridgehead atoms. The lowest BCUT2D eigenvalue weighted by Crippen LogP contribution is -2.30. The van der Waals surface area contributed by atoms with E-state index < -0.39 is 17.7 Å². The van der Waals surface area contributed by atoms with Crippen LogP contribution < -0.4 is 4.74 Å². The van der Waals surface area contributed by atoms with Crippen molar-refractivity contribution in [3.05, 3.63) is 87.7 Å². The number of rotatable bonds is 7. The normalized spacial score (nSPS) is 16.5. The minimum absolute atomic E-state index is 0.0355. The van der Waals surface area contributed by atoms with Gasteiger partial charge in [0.05, 0.1) is 23.3 Å². The monoisotopic (exact) mass is 409 g/mol. The fourth-order valence-corrected chi connectivity index (χ4v) is 4.11. The van der Waals surface area contributed by atoms with Crippen LogP contribution in [0.3, 0.4) is 0 Å². The van der Waals surface area contributed by atoms with E-state index in [0.29, 0.717) is 23.0 Å². The van der Waals surface area contributed by atoms with Crippen molar-refractivity contribution in [2.75, 3.05) is 6.61 Å². The number of nitrogens with zero attached hydrogens (tertiary/aromatic N) is 1. The highest BCUT2D eigenvalue weighted by Crippen LogP contribution is 2.40. The molecular formula is C22H19NO5S. The first kappa shape index (κ1) is 19.0. The summed E-state index contributed by atoms with van der Waals surface area (Å²) < 4.78 is 11.1. The summed E-state index contributed by atoms with van der Waals surface area (Å²) in [6, 6.07) is 13.4. The van der Waals surface area contributed by atoms with Crippen LogP contribution in [0.1, 0.15) is 34.0 Å². The molecule has 0 saturated heterocycles. The van der Waals surface area contributed by atoms with Crippen LogP contribution in [0, 0.1) is 0 Å². The third kappa shape index (κ3) is 3.56. The lowest BCUT2D eigenvalue weighted by molar-refractivity contribution is -0.130. The molecule has 3 aromatic rings. The number of amides is 1. The number of carbonyl (C=O) groups excluding carboxylic acids is 2. The quantitative estimate of drug-likeness (QED) is 0.581. The van der Waals surface area contributed by atoms with Crippen LogP contribution in [-0.4, -0.2) is 28.3 Å². The average molecular weight is 409 g/mol. The maximum Gasteiger partial charge on any atom is 0.290 e. The topological polar surface area (TPSA) is 80.0 Å². The largest absolute Gasteiger partial charge is 0.503 e. The number of ketones is 1. The number of benzene rings is 1. The number of aliphatic hydroxyl groups is 1. The molecule has 2 aromatic heterocycles. The molecule has 0 spiro atoms. The highest BCUT2D eigenvalue weighted by Gasteiger charge is 2.45. The van der Waals surface area contributed by atoms with Gasteiger partial charge in [-0.05, 0) is 48.2 Å². The molecule has 1 atom stereocenters. The molecule has 0 aliphatic carbocycles. The molecule has 6 nitrogen and oxygen atoms in total. The highest BCUT2D eigenvalue weighted by molar-refractivity contribution is 7.12. The van der Waals surface area contributed by atoms with E-state index in [0.717, 1.165) is 5.56 Å². The molecule has 7 heteroatoms. The van der Waals surface area contributed by atoms with Crippen LogP contribution in [0.15, 0.2) is 75.9 Å². The number of Topliss-reactive ketones (excluding diaryl/α,β-unsaturated/α-hetero) is 1. The maximum absolute atomic E-state index is 13.1. The summed E-state index contributed by atoms with van der Waals surface area (Å²) in [5.41, 5.74) is 0.854. The van der Waals surface area contributed by atoms with Crippen molar-refractivity contribution < 1.29 is 23.8 Å². The molecule has 148 valence electrons. The summed E-state index contributed by atoms with van der Waals surface area (Å²) in [5, 5.41) is 12.4. The molecule has 29 heavy (non-hydrogen) atoms. The Labute approximate surface area is 171 Å². The number of thiophene rings is 1. The zero-order valence-electron chi connectivity index (χ0n) is 15.7. The SMILES string of the molecule is CCOc1cccc(CN2C(=O)C(O)=C(C(=O)c3cccs3)C2c2ccco2)c1. The van der Waals surface area contributed by atoms with Crippen molar-refractivity contribution in [3.63, 3.8) is 0 Å². The zero-order valence-corrected chi connectivity index (χ0v) is 16.5. The summed E-state index contributed by atoms with van der Waals surface area (Å²) in [5.74, 6) is -0.404. The van der Waals surface area contributed by atoms with Crippen LogP contribution in [0.4, 0.5) is 0 Å². The van der Waals surface area contributed by atoms with Crippen molar-refractivity contribution in [2.24, 2.45) is 0 Å². The van der Waals surface area contributed by atoms with Gasteiger partial charge in [0.25, 0.3) is 5.91 Å². The number of ether oxygens (including phenoxy) is 1. The van der Waals surface area contributed by atoms with Crippen LogP contribution >= 0.6 is 11.3 Å². The first-order valence-electron chi connectivity index (χ1n) is 9.17. The van der Waals surface area contributed by atoms with Gasteiger partial charge in [-0.15, -0.1) is 11.3 Å². The van der Waals surface area contributed by atoms with Gasteiger partial charge < -0.3 is 19.2 Å². The van der Waals surface area contributed by atoms with Crippen LogP contribution in [0.5, 0.6) is 5.75 Å². The maximum atomic E-state index is 13.1. The average Bonchev–Trinajstić information content (AvgIpc) is 3.47. The van der Waals surface area contributed by atoms with Gasteiger partial charge in [-0.25, -0.2) is 0 Å². The van der Waals surface area contributed by atoms with Crippen molar-refractivity contribution in [1.82, 2.24) is 4.90 Å². The van der Waals surface area contributed by atoms with Crippen molar-refractivity contribution in [3.8, 4) is 5.75 Å². The molecule has 1 aliphatic rings. The molecule has 1 aliphatic heterocycles. The molecule has 3 heterocycles. The summed E-state index contributed by atoms with van der Waals surface area (Å²) in [6.07, 6.45) is 1.48. The second-order valence-corrected chi connectivity index (χ2v) is 7.45. The predicted molar refractivity (Wildman–Crippen MR) is 108 cm³/mol. The molecule has 1 aromatic carbocycles. The first-order chi connectivity index (χ1) is 14.1. The molecule has 1 unspecified atom stereocenters. The molecule has 0 fully saturated rings. The van der Waals surface area contributed by atoms with Crippen molar-refractivity contribution in [1.29, 1.82) is 0 Å². The van der Waals surface area contributed by atoms with Crippen molar-refractivity contribution >= 4 is 23.0 Å². The number of aliphatic hydroxyl groups excluding tert-OH is 1. The van der Waals surface area contributed by atoms with Gasteiger partial charge in [-0.2, -0.15) is 0 Å². The Morgan fingerprint density at radius 3 is 2.79 bits per heavy atom. The Kier molecular flexibility index (Phi) is 5.22. The molecule has 0 saturated carbocycles. The van der Waals surface area contributed by atoms with Gasteiger partial charge in [-0.1, -0.05) is 18.2 Å². The van der Waals surface area contributed by atoms with Gasteiger partial charge >= 0.3 is 0 Å². The van der Waals surface area contributed by atoms with E-state index in [2.05, 4.69) is 0 Å². The lowest BCUT2D eigenvalue weighted by Gasteiger charge is -2.25. The molecule has 4 rings (SSSR count). The Morgan fingerprint density at radius 1 is 1.24 bits per heavy atom. The Hall–Kier alpha value is -3.32. The van der Waals surface area contributed by atoms with Crippen molar-refractivity contribution in [2.45, 2.75) is 19.5 Å². The number of furan rings is 1. The third-order valence-electron chi connectivity index (χ3n) is 4.67. The number of hydrogen-bond acceptors (Lipinski definition) is 6. The fourth-order valence-electron chi connectivity index (χ4n) is 3.43. The van der Waals surface area contributed by atoms with E-state index in [4.69, 9.17) is 9.15 Å². The molecular weight excluding hydrogens is 390 g/mol. The summed E-state index contributed by atoms with van der Waals surface area (Å²) in [7, 11) is 0. The Morgan fingerprint density at radius 2 is 2.10 bits per heavy atom. The standard InChI is InChI=1S/C22H19NO5S/c1-2-27-15-7-3-6-14(12-15)13-23-19(16-8-4-10-28-16)18(21(25)22(23)26)20(24)17-9-5-11-29-17/h3-12,19,25H,2,13H2,1H3. The van der Waals surface area contributed by atoms with E-state index in [1.165, 1.54) is 22.5 Å². The first-order valence-corrected chi connectivity index (χ1v) is 10.1. The lowest BCUT2D eigenvalue weighted by atomic mass is 10.00. The van der Waals surface area contributed by atoms with Crippen LogP contribution in [0.25, 0.3) is 0 Å². The van der Waals surface area contributed by atoms with Gasteiger partial charge in [-0.3, -0.25) is 9.59 Å². The predicted octanol–water partition coefficient (Wildman–Crippen LogP) is 4.52. The van der Waals surface area contributed by atoms with E-state index in [-0.39, 0.29) is 17.9 Å². The summed E-state index contributed by atoms with van der Waals surface area (Å²) in [6.45, 7) is 2.62. The van der Waals surface area contributed by atoms with Gasteiger partial charge in [0.1, 0.15) is 17.6 Å². The van der Waals surface area contributed by atoms with E-state index >= 15 is 0 Å². The molecule has 1 N–H and O–H groups in total. The Bertz CT molecular complexity index is 1050. The van der Waals surface area contributed by atoms with Gasteiger partial charge in [0.2, 0.25) is 5.78 Å². The van der Waals surface area contributed by atoms with E-state index in [1.54, 1.807) is 29.6 Å². The molecule has 0 radical (unpaired) electrons. The molecule has 1 amide bonds. The smallest absolute Gasteiger partial charge is 0.290 e. The highest BCUT2D eigenvalue weighted by atomic mass is 32.1. The van der Waals surface area contributed by atoms with E-state index in [9.17, 15) is 14.7 Å². The number of hydrogen-bond donors (Lipinski definition) is 1. The summed E-state index contributed by atoms with van der Waals surface area (Å²) in [4.78, 5) is 27.9. The summed E-state index contributed by atoms with van der Waals surface area (Å²) >= 11 is 1.26. The third-order valence-corrected chi connectivity index (χ3v) is 5.54. The van der Waals surface area contributed by atoms with E-state index in [1.807, 2.05) is 31.2 Å². The second kappa shape index (κ2) is 7.97. The van der Waals surface area contributed by atoms with Crippen LogP contribution in [-0.2, 0) is 11.3 Å². The van der Waals surface area contributed by atoms with Gasteiger partial charge in [0, 0.05) is 6.54 Å². The minimum atomic E-state index is -0.803. The number of carbonyl (C=O) groups is 2. The zero-order chi connectivity index (χ0) is 20.4. The van der Waals surface area contributed by atoms with Gasteiger partial charge in [0.15, 0.2) is 5.76 Å². The fraction of sp³-hybridized carbons (Fsp3) is 0.182. The Balaban J connectivity index is 1.72.